The predicted octanol–water partition coefficient (Wildman–Crippen LogP) is 4.10. The summed E-state index contributed by atoms with van der Waals surface area (Å²) < 4.78 is 5.87. The third-order valence-corrected chi connectivity index (χ3v) is 5.14. The largest absolute Gasteiger partial charge is 0.489 e. The highest BCUT2D eigenvalue weighted by Crippen LogP contribution is 2.36. The van der Waals surface area contributed by atoms with Gasteiger partial charge >= 0.3 is 5.97 Å². The summed E-state index contributed by atoms with van der Waals surface area (Å²) in [6.45, 7) is 5.95. The third kappa shape index (κ3) is 4.74. The van der Waals surface area contributed by atoms with Crippen LogP contribution in [0.5, 0.6) is 5.75 Å². The normalized spacial score (nSPS) is 16.8. The number of carbonyl (C=O) groups excluding carboxylic acids is 1. The first kappa shape index (κ1) is 20.2. The first-order valence-corrected chi connectivity index (χ1v) is 9.54. The number of carboxylic acids is 1. The van der Waals surface area contributed by atoms with Gasteiger partial charge in [-0.2, -0.15) is 0 Å². The quantitative estimate of drug-likeness (QED) is 0.388. The molecule has 1 N–H and O–H groups in total. The van der Waals surface area contributed by atoms with Crippen molar-refractivity contribution in [3.05, 3.63) is 47.4 Å². The molecule has 1 atom stereocenters. The first-order valence-electron chi connectivity index (χ1n) is 8.32. The second-order valence-electron chi connectivity index (χ2n) is 5.69. The zero-order valence-corrected chi connectivity index (χ0v) is 16.1. The van der Waals surface area contributed by atoms with E-state index in [1.165, 1.54) is 4.90 Å². The number of thiocarbonyl (C=S) groups is 1. The van der Waals surface area contributed by atoms with Crippen LogP contribution in [0.25, 0.3) is 6.08 Å². The highest BCUT2D eigenvalue weighted by Gasteiger charge is 2.40. The number of aliphatic carboxylic acids is 1. The molecule has 0 radical (unpaired) electrons. The van der Waals surface area contributed by atoms with Crippen molar-refractivity contribution in [3.8, 4) is 5.75 Å². The van der Waals surface area contributed by atoms with Crippen LogP contribution in [0, 0.1) is 0 Å². The average molecular weight is 392 g/mol. The van der Waals surface area contributed by atoms with Crippen molar-refractivity contribution in [3.63, 3.8) is 0 Å². The van der Waals surface area contributed by atoms with Crippen LogP contribution in [0.3, 0.4) is 0 Å². The van der Waals surface area contributed by atoms with Gasteiger partial charge in [0.05, 0.1) is 4.91 Å². The van der Waals surface area contributed by atoms with Gasteiger partial charge in [0.1, 0.15) is 22.7 Å². The van der Waals surface area contributed by atoms with Crippen LogP contribution >= 0.6 is 24.0 Å². The molecular formula is C19H21NO4S2. The summed E-state index contributed by atoms with van der Waals surface area (Å²) in [5, 5.41) is 9.50. The molecule has 5 nitrogen and oxygen atoms in total. The molecule has 1 fully saturated rings. The van der Waals surface area contributed by atoms with Gasteiger partial charge < -0.3 is 9.84 Å². The molecule has 1 aromatic carbocycles. The summed E-state index contributed by atoms with van der Waals surface area (Å²) in [5.41, 5.74) is 0.732. The maximum atomic E-state index is 12.8. The topological polar surface area (TPSA) is 66.8 Å². The van der Waals surface area contributed by atoms with Gasteiger partial charge in [0, 0.05) is 5.56 Å². The van der Waals surface area contributed by atoms with Crippen molar-refractivity contribution in [2.75, 3.05) is 6.61 Å². The Balaban J connectivity index is 2.29. The molecule has 0 unspecified atom stereocenters. The Bertz CT molecular complexity index is 745. The van der Waals surface area contributed by atoms with Crippen molar-refractivity contribution >= 4 is 46.3 Å². The van der Waals surface area contributed by atoms with Gasteiger partial charge in [-0.05, 0) is 18.6 Å². The Morgan fingerprint density at radius 3 is 2.85 bits per heavy atom. The van der Waals surface area contributed by atoms with Crippen LogP contribution in [0.4, 0.5) is 0 Å². The molecule has 1 aliphatic heterocycles. The minimum atomic E-state index is -1.04. The third-order valence-electron chi connectivity index (χ3n) is 3.81. The number of carboxylic acid groups (broad SMARTS) is 1. The molecular weight excluding hydrogens is 370 g/mol. The molecule has 26 heavy (non-hydrogen) atoms. The predicted molar refractivity (Wildman–Crippen MR) is 108 cm³/mol. The summed E-state index contributed by atoms with van der Waals surface area (Å²) in [4.78, 5) is 26.0. The Hall–Kier alpha value is -2.12. The van der Waals surface area contributed by atoms with Crippen LogP contribution in [0.2, 0.25) is 0 Å². The van der Waals surface area contributed by atoms with E-state index in [0.717, 1.165) is 23.7 Å². The van der Waals surface area contributed by atoms with Gasteiger partial charge in [-0.25, -0.2) is 4.79 Å². The van der Waals surface area contributed by atoms with E-state index >= 15 is 0 Å². The fourth-order valence-corrected chi connectivity index (χ4v) is 3.88. The Labute approximate surface area is 162 Å². The van der Waals surface area contributed by atoms with E-state index in [9.17, 15) is 14.7 Å². The van der Waals surface area contributed by atoms with Crippen LogP contribution < -0.4 is 4.74 Å². The lowest BCUT2D eigenvalue weighted by atomic mass is 10.1. The minimum absolute atomic E-state index is 0.272. The number of rotatable bonds is 9. The zero-order valence-electron chi connectivity index (χ0n) is 14.5. The van der Waals surface area contributed by atoms with Gasteiger partial charge in [-0.15, -0.1) is 0 Å². The Morgan fingerprint density at radius 1 is 1.46 bits per heavy atom. The molecule has 0 aliphatic carbocycles. The number of amides is 1. The van der Waals surface area contributed by atoms with E-state index in [4.69, 9.17) is 17.0 Å². The molecule has 1 heterocycles. The van der Waals surface area contributed by atoms with Crippen LogP contribution in [-0.2, 0) is 9.59 Å². The fourth-order valence-electron chi connectivity index (χ4n) is 2.53. The van der Waals surface area contributed by atoms with Crippen molar-refractivity contribution in [2.24, 2.45) is 0 Å². The van der Waals surface area contributed by atoms with Crippen molar-refractivity contribution < 1.29 is 19.4 Å². The van der Waals surface area contributed by atoms with Crippen molar-refractivity contribution in [1.82, 2.24) is 4.90 Å². The van der Waals surface area contributed by atoms with Crippen LogP contribution in [0.15, 0.2) is 41.8 Å². The second kappa shape index (κ2) is 9.54. The van der Waals surface area contributed by atoms with Gasteiger partial charge in [-0.1, -0.05) is 74.6 Å². The lowest BCUT2D eigenvalue weighted by Gasteiger charge is -2.22. The van der Waals surface area contributed by atoms with Gasteiger partial charge in [0.25, 0.3) is 5.91 Å². The number of ether oxygens (including phenoxy) is 1. The summed E-state index contributed by atoms with van der Waals surface area (Å²) in [6, 6.07) is 6.38. The lowest BCUT2D eigenvalue weighted by molar-refractivity contribution is -0.145. The molecule has 1 aromatic rings. The van der Waals surface area contributed by atoms with Gasteiger partial charge in [-0.3, -0.25) is 9.69 Å². The highest BCUT2D eigenvalue weighted by atomic mass is 32.2. The molecule has 0 spiro atoms. The van der Waals surface area contributed by atoms with E-state index in [-0.39, 0.29) is 10.2 Å². The molecule has 0 bridgehead atoms. The molecule has 0 saturated carbocycles. The number of hydrogen-bond acceptors (Lipinski definition) is 5. The maximum Gasteiger partial charge on any atom is 0.326 e. The maximum absolute atomic E-state index is 12.8. The number of carbonyl (C=O) groups is 2. The first-order chi connectivity index (χ1) is 12.5. The number of benzene rings is 1. The number of hydrogen-bond donors (Lipinski definition) is 1. The van der Waals surface area contributed by atoms with Gasteiger partial charge in [0.15, 0.2) is 0 Å². The van der Waals surface area contributed by atoms with E-state index in [1.807, 2.05) is 25.1 Å². The SMILES string of the molecule is C=CCOc1ccccc1/C=C1\SC(=S)N([C@@H](CCCC)C(=O)O)C1=O. The van der Waals surface area contributed by atoms with E-state index in [0.29, 0.717) is 30.1 Å². The molecule has 2 rings (SSSR count). The molecule has 138 valence electrons. The molecule has 1 amide bonds. The lowest BCUT2D eigenvalue weighted by Crippen LogP contribution is -2.43. The zero-order chi connectivity index (χ0) is 19.1. The molecule has 1 aliphatic rings. The summed E-state index contributed by atoms with van der Waals surface area (Å²) in [5.74, 6) is -0.786. The van der Waals surface area contributed by atoms with Gasteiger partial charge in [0.2, 0.25) is 0 Å². The number of para-hydroxylation sites is 1. The number of thioether (sulfide) groups is 1. The second-order valence-corrected chi connectivity index (χ2v) is 7.36. The Kier molecular flexibility index (Phi) is 7.41. The number of nitrogens with zero attached hydrogens (tertiary/aromatic N) is 1. The van der Waals surface area contributed by atoms with E-state index in [1.54, 1.807) is 18.2 Å². The smallest absolute Gasteiger partial charge is 0.326 e. The highest BCUT2D eigenvalue weighted by molar-refractivity contribution is 8.26. The molecule has 1 saturated heterocycles. The van der Waals surface area contributed by atoms with Crippen molar-refractivity contribution in [2.45, 2.75) is 32.2 Å². The minimum Gasteiger partial charge on any atom is -0.489 e. The van der Waals surface area contributed by atoms with Crippen LogP contribution in [-0.4, -0.2) is 38.9 Å². The van der Waals surface area contributed by atoms with E-state index < -0.39 is 12.0 Å². The molecule has 7 heteroatoms. The van der Waals surface area contributed by atoms with E-state index in [2.05, 4.69) is 6.58 Å². The average Bonchev–Trinajstić information content (AvgIpc) is 2.89. The van der Waals surface area contributed by atoms with Crippen LogP contribution in [0.1, 0.15) is 31.7 Å². The standard InChI is InChI=1S/C19H21NO4S2/c1-3-5-9-14(18(22)23)20-17(21)16(26-19(20)25)12-13-8-6-7-10-15(13)24-11-4-2/h4,6-8,10,12,14H,2-3,5,9,11H2,1H3,(H,22,23)/b16-12-/t14-/m0/s1. The summed E-state index contributed by atoms with van der Waals surface area (Å²) >= 11 is 6.40. The fraction of sp³-hybridized carbons (Fsp3) is 0.316. The van der Waals surface area contributed by atoms with Crippen molar-refractivity contribution in [1.29, 1.82) is 0 Å². The molecule has 0 aromatic heterocycles. The monoisotopic (exact) mass is 391 g/mol. The summed E-state index contributed by atoms with van der Waals surface area (Å²) in [7, 11) is 0. The summed E-state index contributed by atoms with van der Waals surface area (Å²) in [6.07, 6.45) is 5.27. The Morgan fingerprint density at radius 2 is 2.19 bits per heavy atom. The number of unbranched alkanes of at least 4 members (excludes halogenated alkanes) is 1.